The third kappa shape index (κ3) is 2.87. The van der Waals surface area contributed by atoms with E-state index in [2.05, 4.69) is 10.3 Å². The molecule has 0 aliphatic rings. The van der Waals surface area contributed by atoms with Gasteiger partial charge in [0.2, 0.25) is 0 Å². The van der Waals surface area contributed by atoms with E-state index in [9.17, 15) is 9.18 Å². The Bertz CT molecular complexity index is 682. The van der Waals surface area contributed by atoms with Gasteiger partial charge in [-0.15, -0.1) is 0 Å². The number of halogens is 2. The van der Waals surface area contributed by atoms with Crippen molar-refractivity contribution in [3.8, 4) is 6.07 Å². The average molecular weight is 276 g/mol. The molecule has 1 aromatic carbocycles. The van der Waals surface area contributed by atoms with Crippen LogP contribution in [0.15, 0.2) is 36.7 Å². The monoisotopic (exact) mass is 275 g/mol. The zero-order valence-electron chi connectivity index (χ0n) is 9.52. The molecule has 0 fully saturated rings. The quantitative estimate of drug-likeness (QED) is 0.916. The van der Waals surface area contributed by atoms with Crippen LogP contribution in [0.2, 0.25) is 5.02 Å². The number of benzene rings is 1. The molecule has 6 heteroatoms. The Morgan fingerprint density at radius 1 is 1.42 bits per heavy atom. The lowest BCUT2D eigenvalue weighted by molar-refractivity contribution is 0.102. The first-order valence-electron chi connectivity index (χ1n) is 5.22. The van der Waals surface area contributed by atoms with E-state index in [1.165, 1.54) is 30.5 Å². The maximum absolute atomic E-state index is 13.4. The summed E-state index contributed by atoms with van der Waals surface area (Å²) >= 11 is 5.79. The van der Waals surface area contributed by atoms with Gasteiger partial charge in [-0.05, 0) is 24.3 Å². The number of amides is 1. The summed E-state index contributed by atoms with van der Waals surface area (Å²) in [4.78, 5) is 15.4. The van der Waals surface area contributed by atoms with E-state index >= 15 is 0 Å². The summed E-state index contributed by atoms with van der Waals surface area (Å²) in [6.45, 7) is 0. The van der Waals surface area contributed by atoms with Gasteiger partial charge in [0, 0.05) is 11.2 Å². The molecule has 0 spiro atoms. The number of pyridine rings is 1. The Morgan fingerprint density at radius 3 is 2.89 bits per heavy atom. The molecule has 1 aromatic heterocycles. The lowest BCUT2D eigenvalue weighted by atomic mass is 10.1. The predicted octanol–water partition coefficient (Wildman–Crippen LogP) is 3.00. The van der Waals surface area contributed by atoms with Gasteiger partial charge in [0.15, 0.2) is 5.82 Å². The number of rotatable bonds is 2. The fourth-order valence-corrected chi connectivity index (χ4v) is 1.64. The van der Waals surface area contributed by atoms with Crippen LogP contribution >= 0.6 is 11.6 Å². The van der Waals surface area contributed by atoms with Crippen LogP contribution in [0.1, 0.15) is 15.9 Å². The number of hydrogen-bond donors (Lipinski definition) is 1. The zero-order valence-corrected chi connectivity index (χ0v) is 10.3. The van der Waals surface area contributed by atoms with Crippen LogP contribution in [-0.4, -0.2) is 10.9 Å². The van der Waals surface area contributed by atoms with Gasteiger partial charge in [-0.2, -0.15) is 5.26 Å². The Kier molecular flexibility index (Phi) is 3.74. The van der Waals surface area contributed by atoms with E-state index < -0.39 is 11.7 Å². The number of aromatic nitrogens is 1. The van der Waals surface area contributed by atoms with Crippen molar-refractivity contribution in [3.05, 3.63) is 58.6 Å². The van der Waals surface area contributed by atoms with Gasteiger partial charge in [0.05, 0.1) is 23.0 Å². The zero-order chi connectivity index (χ0) is 13.8. The number of carbonyl (C=O) groups excluding carboxylic acids is 1. The molecule has 94 valence electrons. The van der Waals surface area contributed by atoms with Crippen LogP contribution in [0.5, 0.6) is 0 Å². The third-order valence-corrected chi connectivity index (χ3v) is 2.60. The first-order valence-corrected chi connectivity index (χ1v) is 5.60. The topological polar surface area (TPSA) is 65.8 Å². The molecule has 0 saturated heterocycles. The second-order valence-corrected chi connectivity index (χ2v) is 4.05. The standard InChI is InChI=1S/C13H7ClFN3O/c14-9-2-1-8(6-16)12(5-9)18-13(19)10-3-4-17-7-11(10)15/h1-5,7H,(H,18,19). The van der Waals surface area contributed by atoms with Crippen molar-refractivity contribution in [2.24, 2.45) is 0 Å². The van der Waals surface area contributed by atoms with Gasteiger partial charge in [-0.3, -0.25) is 9.78 Å². The number of anilines is 1. The molecular weight excluding hydrogens is 269 g/mol. The molecule has 0 aliphatic carbocycles. The normalized spacial score (nSPS) is 9.74. The maximum Gasteiger partial charge on any atom is 0.258 e. The highest BCUT2D eigenvalue weighted by atomic mass is 35.5. The van der Waals surface area contributed by atoms with Crippen LogP contribution in [0.25, 0.3) is 0 Å². The summed E-state index contributed by atoms with van der Waals surface area (Å²) in [5.74, 6) is -1.40. The summed E-state index contributed by atoms with van der Waals surface area (Å²) in [6, 6.07) is 7.60. The summed E-state index contributed by atoms with van der Waals surface area (Å²) in [7, 11) is 0. The summed E-state index contributed by atoms with van der Waals surface area (Å²) in [6.07, 6.45) is 2.25. The molecule has 0 atom stereocenters. The van der Waals surface area contributed by atoms with Crippen molar-refractivity contribution in [2.45, 2.75) is 0 Å². The Labute approximate surface area is 113 Å². The predicted molar refractivity (Wildman–Crippen MR) is 68.3 cm³/mol. The van der Waals surface area contributed by atoms with Gasteiger partial charge in [0.1, 0.15) is 6.07 Å². The van der Waals surface area contributed by atoms with Gasteiger partial charge in [-0.25, -0.2) is 4.39 Å². The van der Waals surface area contributed by atoms with Crippen molar-refractivity contribution in [1.29, 1.82) is 5.26 Å². The van der Waals surface area contributed by atoms with Gasteiger partial charge < -0.3 is 5.32 Å². The van der Waals surface area contributed by atoms with E-state index in [1.807, 2.05) is 6.07 Å². The average Bonchev–Trinajstić information content (AvgIpc) is 2.39. The maximum atomic E-state index is 13.4. The SMILES string of the molecule is N#Cc1ccc(Cl)cc1NC(=O)c1ccncc1F. The molecule has 0 unspecified atom stereocenters. The van der Waals surface area contributed by atoms with Crippen LogP contribution in [0.3, 0.4) is 0 Å². The minimum Gasteiger partial charge on any atom is -0.321 e. The van der Waals surface area contributed by atoms with Gasteiger partial charge in [-0.1, -0.05) is 11.6 Å². The molecular formula is C13H7ClFN3O. The summed E-state index contributed by atoms with van der Waals surface area (Å²) in [5.41, 5.74) is 0.322. The van der Waals surface area contributed by atoms with Crippen molar-refractivity contribution >= 4 is 23.2 Å². The van der Waals surface area contributed by atoms with E-state index in [1.54, 1.807) is 0 Å². The second-order valence-electron chi connectivity index (χ2n) is 3.61. The van der Waals surface area contributed by atoms with Crippen molar-refractivity contribution in [2.75, 3.05) is 5.32 Å². The number of nitriles is 1. The number of nitrogens with zero attached hydrogens (tertiary/aromatic N) is 2. The minimum atomic E-state index is -0.736. The molecule has 0 aliphatic heterocycles. The second kappa shape index (κ2) is 5.46. The highest BCUT2D eigenvalue weighted by Gasteiger charge is 2.13. The molecule has 0 radical (unpaired) electrons. The molecule has 1 N–H and O–H groups in total. The fraction of sp³-hybridized carbons (Fsp3) is 0. The summed E-state index contributed by atoms with van der Waals surface area (Å²) in [5, 5.41) is 11.7. The summed E-state index contributed by atoms with van der Waals surface area (Å²) < 4.78 is 13.4. The van der Waals surface area contributed by atoms with Crippen LogP contribution in [-0.2, 0) is 0 Å². The molecule has 4 nitrogen and oxygen atoms in total. The molecule has 0 saturated carbocycles. The minimum absolute atomic E-state index is 0.154. The van der Waals surface area contributed by atoms with Gasteiger partial charge in [0.25, 0.3) is 5.91 Å². The van der Waals surface area contributed by atoms with Crippen molar-refractivity contribution in [1.82, 2.24) is 4.98 Å². The first kappa shape index (κ1) is 13.0. The van der Waals surface area contributed by atoms with Crippen LogP contribution in [0, 0.1) is 17.1 Å². The lowest BCUT2D eigenvalue weighted by Crippen LogP contribution is -2.14. The molecule has 2 aromatic rings. The highest BCUT2D eigenvalue weighted by molar-refractivity contribution is 6.31. The van der Waals surface area contributed by atoms with Crippen molar-refractivity contribution in [3.63, 3.8) is 0 Å². The number of nitrogens with one attached hydrogen (secondary N) is 1. The lowest BCUT2D eigenvalue weighted by Gasteiger charge is -2.07. The largest absolute Gasteiger partial charge is 0.321 e. The van der Waals surface area contributed by atoms with Gasteiger partial charge >= 0.3 is 0 Å². The molecule has 1 heterocycles. The molecule has 1 amide bonds. The highest BCUT2D eigenvalue weighted by Crippen LogP contribution is 2.21. The van der Waals surface area contributed by atoms with E-state index in [0.29, 0.717) is 5.02 Å². The molecule has 0 bridgehead atoms. The van der Waals surface area contributed by atoms with E-state index in [-0.39, 0.29) is 16.8 Å². The smallest absolute Gasteiger partial charge is 0.258 e. The van der Waals surface area contributed by atoms with E-state index in [4.69, 9.17) is 16.9 Å². The number of hydrogen-bond acceptors (Lipinski definition) is 3. The Morgan fingerprint density at radius 2 is 2.21 bits per heavy atom. The number of carbonyl (C=O) groups is 1. The van der Waals surface area contributed by atoms with E-state index in [0.717, 1.165) is 6.20 Å². The Hall–Kier alpha value is -2.45. The van der Waals surface area contributed by atoms with Crippen LogP contribution in [0.4, 0.5) is 10.1 Å². The molecule has 2 rings (SSSR count). The fourth-order valence-electron chi connectivity index (χ4n) is 1.47. The third-order valence-electron chi connectivity index (χ3n) is 2.37. The molecule has 19 heavy (non-hydrogen) atoms. The van der Waals surface area contributed by atoms with Crippen molar-refractivity contribution < 1.29 is 9.18 Å². The van der Waals surface area contributed by atoms with Crippen LogP contribution < -0.4 is 5.32 Å². The Balaban J connectivity index is 2.32. The first-order chi connectivity index (χ1) is 9.11.